The first-order chi connectivity index (χ1) is 12.1. The monoisotopic (exact) mass is 341 g/mol. The maximum absolute atomic E-state index is 12.8. The molecule has 0 aromatic heterocycles. The number of piperidine rings is 1. The zero-order valence-electron chi connectivity index (χ0n) is 15.6. The molecule has 3 aliphatic heterocycles. The molecule has 1 amide bonds. The molecule has 1 aromatic rings. The highest BCUT2D eigenvalue weighted by Gasteiger charge is 2.39. The van der Waals surface area contributed by atoms with Gasteiger partial charge in [-0.2, -0.15) is 0 Å². The van der Waals surface area contributed by atoms with E-state index in [1.165, 1.54) is 16.7 Å². The van der Waals surface area contributed by atoms with Gasteiger partial charge in [0.05, 0.1) is 5.92 Å². The van der Waals surface area contributed by atoms with Gasteiger partial charge in [-0.05, 0) is 50.8 Å². The van der Waals surface area contributed by atoms with Gasteiger partial charge in [0.2, 0.25) is 5.91 Å². The van der Waals surface area contributed by atoms with Crippen LogP contribution in [0.3, 0.4) is 0 Å². The van der Waals surface area contributed by atoms with Gasteiger partial charge in [-0.15, -0.1) is 0 Å². The normalized spacial score (nSPS) is 23.6. The Kier molecular flexibility index (Phi) is 5.92. The summed E-state index contributed by atoms with van der Waals surface area (Å²) < 4.78 is 0. The van der Waals surface area contributed by atoms with Gasteiger partial charge in [-0.1, -0.05) is 35.9 Å². The lowest BCUT2D eigenvalue weighted by Crippen LogP contribution is -2.47. The Morgan fingerprint density at radius 1 is 1.24 bits per heavy atom. The summed E-state index contributed by atoms with van der Waals surface area (Å²) in [6.07, 6.45) is 5.28. The van der Waals surface area contributed by atoms with Gasteiger partial charge in [0.25, 0.3) is 0 Å². The average Bonchev–Trinajstić information content (AvgIpc) is 2.84. The van der Waals surface area contributed by atoms with Crippen molar-refractivity contribution in [2.45, 2.75) is 45.7 Å². The van der Waals surface area contributed by atoms with Crippen LogP contribution in [0.1, 0.15) is 37.8 Å². The van der Waals surface area contributed by atoms with Crippen molar-refractivity contribution in [3.63, 3.8) is 0 Å². The molecule has 0 unspecified atom stereocenters. The highest BCUT2D eigenvalue weighted by atomic mass is 16.2. The molecule has 0 aliphatic carbocycles. The highest BCUT2D eigenvalue weighted by Crippen LogP contribution is 2.30. The first kappa shape index (κ1) is 18.2. The Hall–Kier alpha value is -1.65. The summed E-state index contributed by atoms with van der Waals surface area (Å²) in [5, 5.41) is 0. The van der Waals surface area contributed by atoms with Gasteiger partial charge >= 0.3 is 0 Å². The summed E-state index contributed by atoms with van der Waals surface area (Å²) in [5.41, 5.74) is 9.60. The van der Waals surface area contributed by atoms with Crippen molar-refractivity contribution in [1.29, 1.82) is 0 Å². The number of hydrogen-bond acceptors (Lipinski definition) is 3. The standard InChI is InChI=1S/C21H31N3O/c1-16(2)9-11-24-20-7-6-19(21(24)25)14-23(15-20)13-18-5-3-4-17(12-18)8-10-22/h3-5,9,12,19-20H,6-8,10-11,13-15,22H2,1-2H3/t19-,20+/m0/s1. The van der Waals surface area contributed by atoms with Crippen molar-refractivity contribution in [3.8, 4) is 0 Å². The fourth-order valence-corrected chi connectivity index (χ4v) is 4.09. The van der Waals surface area contributed by atoms with E-state index < -0.39 is 0 Å². The maximum Gasteiger partial charge on any atom is 0.227 e. The summed E-state index contributed by atoms with van der Waals surface area (Å²) >= 11 is 0. The topological polar surface area (TPSA) is 49.6 Å². The number of amides is 1. The summed E-state index contributed by atoms with van der Waals surface area (Å²) in [7, 11) is 0. The zero-order valence-corrected chi connectivity index (χ0v) is 15.6. The molecule has 1 aromatic carbocycles. The zero-order chi connectivity index (χ0) is 17.8. The molecule has 136 valence electrons. The van der Waals surface area contributed by atoms with E-state index in [1.807, 2.05) is 0 Å². The quantitative estimate of drug-likeness (QED) is 0.809. The molecular weight excluding hydrogens is 310 g/mol. The van der Waals surface area contributed by atoms with E-state index in [9.17, 15) is 4.79 Å². The van der Waals surface area contributed by atoms with Gasteiger partial charge in [0.15, 0.2) is 0 Å². The Balaban J connectivity index is 1.70. The number of carbonyl (C=O) groups excluding carboxylic acids is 1. The molecule has 3 saturated heterocycles. The van der Waals surface area contributed by atoms with Crippen molar-refractivity contribution in [2.24, 2.45) is 11.7 Å². The molecule has 3 heterocycles. The van der Waals surface area contributed by atoms with Crippen LogP contribution in [-0.4, -0.2) is 47.9 Å². The predicted octanol–water partition coefficient (Wildman–Crippen LogP) is 2.58. The molecule has 0 radical (unpaired) electrons. The third-order valence-corrected chi connectivity index (χ3v) is 5.40. The van der Waals surface area contributed by atoms with Crippen LogP contribution < -0.4 is 5.73 Å². The average molecular weight is 341 g/mol. The number of rotatable bonds is 6. The molecule has 3 fully saturated rings. The van der Waals surface area contributed by atoms with Gasteiger partial charge in [0.1, 0.15) is 0 Å². The smallest absolute Gasteiger partial charge is 0.227 e. The lowest BCUT2D eigenvalue weighted by molar-refractivity contribution is -0.139. The van der Waals surface area contributed by atoms with Gasteiger partial charge in [-0.3, -0.25) is 9.69 Å². The fraction of sp³-hybridized carbons (Fsp3) is 0.571. The Morgan fingerprint density at radius 2 is 2.04 bits per heavy atom. The molecule has 4 heteroatoms. The molecule has 2 bridgehead atoms. The molecule has 4 rings (SSSR count). The molecular formula is C21H31N3O. The molecule has 2 atom stereocenters. The van der Waals surface area contributed by atoms with Crippen LogP contribution in [0.25, 0.3) is 0 Å². The predicted molar refractivity (Wildman–Crippen MR) is 102 cm³/mol. The van der Waals surface area contributed by atoms with E-state index >= 15 is 0 Å². The summed E-state index contributed by atoms with van der Waals surface area (Å²) in [6.45, 7) is 8.45. The van der Waals surface area contributed by atoms with Crippen LogP contribution in [-0.2, 0) is 17.8 Å². The van der Waals surface area contributed by atoms with Gasteiger partial charge < -0.3 is 10.6 Å². The van der Waals surface area contributed by atoms with Crippen LogP contribution >= 0.6 is 0 Å². The first-order valence-electron chi connectivity index (χ1n) is 9.51. The first-order valence-corrected chi connectivity index (χ1v) is 9.51. The second kappa shape index (κ2) is 8.15. The number of fused-ring (bicyclic) bond motifs is 4. The Labute approximate surface area is 151 Å². The van der Waals surface area contributed by atoms with Gasteiger partial charge in [-0.25, -0.2) is 0 Å². The SMILES string of the molecule is CC(C)=CCN1C(=O)[C@H]2CC[C@@H]1CN(Cc1cccc(CCN)c1)C2. The van der Waals surface area contributed by atoms with Crippen molar-refractivity contribution >= 4 is 5.91 Å². The lowest BCUT2D eigenvalue weighted by atomic mass is 9.94. The molecule has 3 aliphatic rings. The Bertz CT molecular complexity index is 636. The van der Waals surface area contributed by atoms with Crippen molar-refractivity contribution in [3.05, 3.63) is 47.0 Å². The van der Waals surface area contributed by atoms with Crippen LogP contribution in [0.2, 0.25) is 0 Å². The van der Waals surface area contributed by atoms with E-state index in [4.69, 9.17) is 5.73 Å². The van der Waals surface area contributed by atoms with Crippen LogP contribution in [0.15, 0.2) is 35.9 Å². The lowest BCUT2D eigenvalue weighted by Gasteiger charge is -2.35. The maximum atomic E-state index is 12.8. The van der Waals surface area contributed by atoms with E-state index in [0.29, 0.717) is 18.5 Å². The summed E-state index contributed by atoms with van der Waals surface area (Å²) in [4.78, 5) is 17.4. The van der Waals surface area contributed by atoms with E-state index in [1.54, 1.807) is 0 Å². The summed E-state index contributed by atoms with van der Waals surface area (Å²) in [6, 6.07) is 9.08. The van der Waals surface area contributed by atoms with Gasteiger partial charge in [0, 0.05) is 32.2 Å². The number of allylic oxidation sites excluding steroid dienone is 1. The van der Waals surface area contributed by atoms with Crippen molar-refractivity contribution in [2.75, 3.05) is 26.2 Å². The second-order valence-electron chi connectivity index (χ2n) is 7.75. The number of benzene rings is 1. The van der Waals surface area contributed by atoms with Crippen LogP contribution in [0.5, 0.6) is 0 Å². The van der Waals surface area contributed by atoms with E-state index in [2.05, 4.69) is 54.0 Å². The second-order valence-corrected chi connectivity index (χ2v) is 7.75. The minimum absolute atomic E-state index is 0.163. The van der Waals surface area contributed by atoms with E-state index in [-0.39, 0.29) is 5.92 Å². The molecule has 0 saturated carbocycles. The van der Waals surface area contributed by atoms with Crippen LogP contribution in [0.4, 0.5) is 0 Å². The van der Waals surface area contributed by atoms with Crippen molar-refractivity contribution < 1.29 is 4.79 Å². The number of nitrogens with zero attached hydrogens (tertiary/aromatic N) is 2. The molecule has 25 heavy (non-hydrogen) atoms. The van der Waals surface area contributed by atoms with E-state index in [0.717, 1.165) is 45.4 Å². The molecule has 0 spiro atoms. The van der Waals surface area contributed by atoms with Crippen molar-refractivity contribution in [1.82, 2.24) is 9.80 Å². The Morgan fingerprint density at radius 3 is 2.80 bits per heavy atom. The minimum Gasteiger partial charge on any atom is -0.334 e. The van der Waals surface area contributed by atoms with Crippen LogP contribution in [0, 0.1) is 5.92 Å². The highest BCUT2D eigenvalue weighted by molar-refractivity contribution is 5.80. The third kappa shape index (κ3) is 4.50. The minimum atomic E-state index is 0.163. The largest absolute Gasteiger partial charge is 0.334 e. The molecule has 2 N–H and O–H groups in total. The number of nitrogens with two attached hydrogens (primary N) is 1. The number of carbonyl (C=O) groups is 1. The molecule has 4 nitrogen and oxygen atoms in total. The number of hydrogen-bond donors (Lipinski definition) is 1. The summed E-state index contributed by atoms with van der Waals surface area (Å²) in [5.74, 6) is 0.518. The third-order valence-electron chi connectivity index (χ3n) is 5.40. The fourth-order valence-electron chi connectivity index (χ4n) is 4.09.